The monoisotopic (exact) mass is 408 g/mol. The van der Waals surface area contributed by atoms with Crippen LogP contribution in [-0.4, -0.2) is 26.8 Å². The van der Waals surface area contributed by atoms with Crippen LogP contribution in [-0.2, 0) is 5.75 Å². The maximum Gasteiger partial charge on any atom is 0.387 e. The number of H-pyrrole nitrogens is 1. The fraction of sp³-hybridized carbons (Fsp3) is 0.118. The van der Waals surface area contributed by atoms with Gasteiger partial charge in [-0.05, 0) is 30.3 Å². The minimum atomic E-state index is -2.87. The van der Waals surface area contributed by atoms with Crippen LogP contribution in [0.3, 0.4) is 0 Å². The summed E-state index contributed by atoms with van der Waals surface area (Å²) in [4.78, 5) is 7.43. The predicted molar refractivity (Wildman–Crippen MR) is 97.0 cm³/mol. The third-order valence-corrected chi connectivity index (χ3v) is 4.62. The molecule has 0 aliphatic heterocycles. The number of benzene rings is 2. The maximum atomic E-state index is 12.3. The second kappa shape index (κ2) is 7.53. The van der Waals surface area contributed by atoms with Crippen LogP contribution in [0.2, 0.25) is 5.02 Å². The number of imidazole rings is 1. The SMILES string of the molecule is FC(F)Oc1ccc2nc(SCc3nnc(-c4cccc(Cl)c4)o3)[nH]c2c1. The average Bonchev–Trinajstić information content (AvgIpc) is 3.25. The molecular weight excluding hydrogens is 398 g/mol. The molecule has 0 amide bonds. The molecule has 0 saturated heterocycles. The molecule has 4 aromatic rings. The first-order valence-corrected chi connectivity index (χ1v) is 9.09. The molecule has 2 aromatic carbocycles. The Morgan fingerprint density at radius 2 is 2.07 bits per heavy atom. The van der Waals surface area contributed by atoms with Crippen LogP contribution < -0.4 is 4.74 Å². The van der Waals surface area contributed by atoms with Gasteiger partial charge in [0.25, 0.3) is 0 Å². The van der Waals surface area contributed by atoms with E-state index in [0.29, 0.717) is 38.7 Å². The molecule has 0 atom stereocenters. The Bertz CT molecular complexity index is 1090. The minimum absolute atomic E-state index is 0.0702. The van der Waals surface area contributed by atoms with E-state index in [1.165, 1.54) is 23.9 Å². The van der Waals surface area contributed by atoms with Crippen LogP contribution >= 0.6 is 23.4 Å². The second-order valence-corrected chi connectivity index (χ2v) is 6.80. The number of aromatic nitrogens is 4. The van der Waals surface area contributed by atoms with Crippen molar-refractivity contribution in [3.63, 3.8) is 0 Å². The largest absolute Gasteiger partial charge is 0.435 e. The molecule has 10 heteroatoms. The zero-order chi connectivity index (χ0) is 18.8. The highest BCUT2D eigenvalue weighted by Crippen LogP contribution is 2.27. The number of alkyl halides is 2. The molecule has 0 radical (unpaired) electrons. The number of thioether (sulfide) groups is 1. The topological polar surface area (TPSA) is 76.8 Å². The van der Waals surface area contributed by atoms with Gasteiger partial charge < -0.3 is 14.1 Å². The summed E-state index contributed by atoms with van der Waals surface area (Å²) in [6.45, 7) is -2.87. The Morgan fingerprint density at radius 1 is 1.19 bits per heavy atom. The van der Waals surface area contributed by atoms with Crippen LogP contribution in [0, 0.1) is 0 Å². The van der Waals surface area contributed by atoms with Gasteiger partial charge >= 0.3 is 6.61 Å². The first-order valence-electron chi connectivity index (χ1n) is 7.72. The van der Waals surface area contributed by atoms with Crippen LogP contribution in [0.25, 0.3) is 22.5 Å². The van der Waals surface area contributed by atoms with Crippen molar-refractivity contribution < 1.29 is 17.9 Å². The van der Waals surface area contributed by atoms with Crippen molar-refractivity contribution >= 4 is 34.4 Å². The highest BCUT2D eigenvalue weighted by molar-refractivity contribution is 7.98. The number of hydrogen-bond acceptors (Lipinski definition) is 6. The van der Waals surface area contributed by atoms with Crippen molar-refractivity contribution in [2.24, 2.45) is 0 Å². The Hall–Kier alpha value is -2.65. The molecule has 2 heterocycles. The fourth-order valence-electron chi connectivity index (χ4n) is 2.39. The lowest BCUT2D eigenvalue weighted by atomic mass is 10.2. The molecule has 2 aromatic heterocycles. The van der Waals surface area contributed by atoms with E-state index in [0.717, 1.165) is 5.56 Å². The van der Waals surface area contributed by atoms with Crippen molar-refractivity contribution in [1.82, 2.24) is 20.2 Å². The van der Waals surface area contributed by atoms with Crippen molar-refractivity contribution in [3.8, 4) is 17.2 Å². The number of hydrogen-bond donors (Lipinski definition) is 1. The quantitative estimate of drug-likeness (QED) is 0.444. The van der Waals surface area contributed by atoms with Gasteiger partial charge in [-0.2, -0.15) is 8.78 Å². The summed E-state index contributed by atoms with van der Waals surface area (Å²) in [7, 11) is 0. The van der Waals surface area contributed by atoms with E-state index in [-0.39, 0.29) is 5.75 Å². The molecule has 0 aliphatic carbocycles. The highest BCUT2D eigenvalue weighted by Gasteiger charge is 2.12. The lowest BCUT2D eigenvalue weighted by molar-refractivity contribution is -0.0497. The molecule has 0 spiro atoms. The summed E-state index contributed by atoms with van der Waals surface area (Å²) < 4.78 is 34.6. The van der Waals surface area contributed by atoms with E-state index in [4.69, 9.17) is 16.0 Å². The van der Waals surface area contributed by atoms with E-state index in [1.807, 2.05) is 6.07 Å². The number of halogens is 3. The first-order chi connectivity index (χ1) is 13.1. The third-order valence-electron chi connectivity index (χ3n) is 3.53. The Labute approximate surface area is 160 Å². The van der Waals surface area contributed by atoms with Gasteiger partial charge in [-0.25, -0.2) is 4.98 Å². The molecule has 0 aliphatic rings. The summed E-state index contributed by atoms with van der Waals surface area (Å²) in [6.07, 6.45) is 0. The van der Waals surface area contributed by atoms with Gasteiger partial charge in [0.05, 0.1) is 16.8 Å². The fourth-order valence-corrected chi connectivity index (χ4v) is 3.30. The van der Waals surface area contributed by atoms with Crippen molar-refractivity contribution in [3.05, 3.63) is 53.4 Å². The van der Waals surface area contributed by atoms with Crippen LogP contribution in [0.15, 0.2) is 52.0 Å². The van der Waals surface area contributed by atoms with Crippen molar-refractivity contribution in [2.75, 3.05) is 0 Å². The van der Waals surface area contributed by atoms with Gasteiger partial charge in [0, 0.05) is 16.7 Å². The highest BCUT2D eigenvalue weighted by atomic mass is 35.5. The molecule has 0 unspecified atom stereocenters. The lowest BCUT2D eigenvalue weighted by Gasteiger charge is -2.02. The van der Waals surface area contributed by atoms with E-state index < -0.39 is 6.61 Å². The van der Waals surface area contributed by atoms with Gasteiger partial charge in [-0.1, -0.05) is 29.4 Å². The number of nitrogens with one attached hydrogen (secondary N) is 1. The molecule has 0 bridgehead atoms. The number of rotatable bonds is 6. The van der Waals surface area contributed by atoms with Gasteiger partial charge in [-0.15, -0.1) is 10.2 Å². The van der Waals surface area contributed by atoms with Crippen LogP contribution in [0.1, 0.15) is 5.89 Å². The summed E-state index contributed by atoms with van der Waals surface area (Å²) in [5.74, 6) is 1.28. The van der Waals surface area contributed by atoms with E-state index >= 15 is 0 Å². The van der Waals surface area contributed by atoms with Gasteiger partial charge in [0.15, 0.2) is 5.16 Å². The number of aromatic amines is 1. The Balaban J connectivity index is 1.46. The number of fused-ring (bicyclic) bond motifs is 1. The molecule has 27 heavy (non-hydrogen) atoms. The van der Waals surface area contributed by atoms with Gasteiger partial charge in [0.1, 0.15) is 5.75 Å². The molecule has 4 rings (SSSR count). The van der Waals surface area contributed by atoms with Gasteiger partial charge in [-0.3, -0.25) is 0 Å². The summed E-state index contributed by atoms with van der Waals surface area (Å²) in [6, 6.07) is 11.7. The normalized spacial score (nSPS) is 11.4. The van der Waals surface area contributed by atoms with Crippen LogP contribution in [0.4, 0.5) is 8.78 Å². The van der Waals surface area contributed by atoms with E-state index in [1.54, 1.807) is 24.3 Å². The zero-order valence-corrected chi connectivity index (χ0v) is 15.1. The van der Waals surface area contributed by atoms with E-state index in [2.05, 4.69) is 24.9 Å². The van der Waals surface area contributed by atoms with Crippen molar-refractivity contribution in [1.29, 1.82) is 0 Å². The molecule has 138 valence electrons. The van der Waals surface area contributed by atoms with Crippen molar-refractivity contribution in [2.45, 2.75) is 17.5 Å². The second-order valence-electron chi connectivity index (χ2n) is 5.40. The van der Waals surface area contributed by atoms with Gasteiger partial charge in [0.2, 0.25) is 11.8 Å². The standard InChI is InChI=1S/C17H11ClF2N4O2S/c18-10-3-1-2-9(6-10)15-24-23-14(26-15)8-27-17-21-12-5-4-11(25-16(19)20)7-13(12)22-17/h1-7,16H,8H2,(H,21,22). The Kier molecular flexibility index (Phi) is 4.95. The smallest absolute Gasteiger partial charge is 0.387 e. The molecule has 0 fully saturated rings. The number of ether oxygens (including phenoxy) is 1. The molecule has 6 nitrogen and oxygen atoms in total. The molecule has 0 saturated carbocycles. The first kappa shape index (κ1) is 17.7. The molecular formula is C17H11ClF2N4O2S. The third kappa shape index (κ3) is 4.20. The predicted octanol–water partition coefficient (Wildman–Crippen LogP) is 5.16. The molecule has 1 N–H and O–H groups in total. The number of nitrogens with zero attached hydrogens (tertiary/aromatic N) is 3. The Morgan fingerprint density at radius 3 is 2.89 bits per heavy atom. The minimum Gasteiger partial charge on any atom is -0.435 e. The summed E-state index contributed by atoms with van der Waals surface area (Å²) in [5, 5.41) is 9.21. The summed E-state index contributed by atoms with van der Waals surface area (Å²) >= 11 is 7.32. The average molecular weight is 409 g/mol. The summed E-state index contributed by atoms with van der Waals surface area (Å²) in [5.41, 5.74) is 1.98. The lowest BCUT2D eigenvalue weighted by Crippen LogP contribution is -2.01. The zero-order valence-electron chi connectivity index (χ0n) is 13.5. The van der Waals surface area contributed by atoms with E-state index in [9.17, 15) is 8.78 Å². The maximum absolute atomic E-state index is 12.3. The van der Waals surface area contributed by atoms with Crippen LogP contribution in [0.5, 0.6) is 5.75 Å².